The van der Waals surface area contributed by atoms with E-state index in [4.69, 9.17) is 0 Å². The smallest absolute Gasteiger partial charge is 0.00734 e. The maximum absolute atomic E-state index is 3.28. The van der Waals surface area contributed by atoms with Crippen molar-refractivity contribution in [3.8, 4) is 0 Å². The molecule has 0 unspecified atom stereocenters. The first kappa shape index (κ1) is 13.7. The number of hydrogen-bond acceptors (Lipinski definition) is 1. The fraction of sp³-hybridized carbons (Fsp3) is 0.500. The summed E-state index contributed by atoms with van der Waals surface area (Å²) in [6.07, 6.45) is 7.07. The second-order valence-corrected chi connectivity index (χ2v) is 4.95. The van der Waals surface area contributed by atoms with Crippen molar-refractivity contribution < 1.29 is 16.3 Å². The molecule has 0 aromatic heterocycles. The van der Waals surface area contributed by atoms with E-state index in [9.17, 15) is 0 Å². The van der Waals surface area contributed by atoms with E-state index in [1.165, 1.54) is 53.3 Å². The Kier molecular flexibility index (Phi) is 8.04. The van der Waals surface area contributed by atoms with E-state index in [2.05, 4.69) is 31.8 Å². The van der Waals surface area contributed by atoms with E-state index in [-0.39, 0.29) is 0 Å². The Balaban J connectivity index is 0.000000531. The molecule has 0 radical (unpaired) electrons. The van der Waals surface area contributed by atoms with Crippen molar-refractivity contribution in [2.45, 2.75) is 42.2 Å². The quantitative estimate of drug-likeness (QED) is 0.554. The van der Waals surface area contributed by atoms with Crippen molar-refractivity contribution in [2.75, 3.05) is 0 Å². The van der Waals surface area contributed by atoms with E-state index >= 15 is 0 Å². The zero-order chi connectivity index (χ0) is 10.9. The van der Waals surface area contributed by atoms with Crippen LogP contribution in [0.1, 0.15) is 32.1 Å². The summed E-state index contributed by atoms with van der Waals surface area (Å²) in [5, 5.41) is 0.854. The van der Waals surface area contributed by atoms with E-state index in [0.29, 0.717) is 0 Å². The molecule has 0 heterocycles. The molecule has 1 aromatic carbocycles. The molecule has 2 rings (SSSR count). The zero-order valence-electron chi connectivity index (χ0n) is 8.92. The summed E-state index contributed by atoms with van der Waals surface area (Å²) < 4.78 is 0. The molecule has 0 saturated heterocycles. The van der Waals surface area contributed by atoms with Gasteiger partial charge in [-0.05, 0) is 12.8 Å². The van der Waals surface area contributed by atoms with Gasteiger partial charge in [0.1, 0.15) is 0 Å². The summed E-state index contributed by atoms with van der Waals surface area (Å²) >= 11 is 6.26. The molecule has 3 heteroatoms. The van der Waals surface area contributed by atoms with Crippen LogP contribution in [0.4, 0.5) is 0 Å². The Bertz CT molecular complexity index is 247. The number of halogens is 1. The summed E-state index contributed by atoms with van der Waals surface area (Å²) in [4.78, 5) is 1.31. The number of hydrogen-bond donors (Lipinski definition) is 0. The molecule has 1 aliphatic carbocycles. The van der Waals surface area contributed by atoms with Gasteiger partial charge in [-0.3, -0.25) is 0 Å². The second kappa shape index (κ2) is 8.78. The average Bonchev–Trinajstić information content (AvgIpc) is 2.34. The normalized spacial score (nSPS) is 16.7. The van der Waals surface area contributed by atoms with E-state index in [1.807, 2.05) is 23.9 Å². The van der Waals surface area contributed by atoms with Crippen molar-refractivity contribution in [1.29, 1.82) is 0 Å². The molecule has 0 amide bonds. The van der Waals surface area contributed by atoms with Gasteiger partial charge in [0, 0.05) is 5.25 Å². The topological polar surface area (TPSA) is 0 Å². The Morgan fingerprint density at radius 1 is 1.20 bits per heavy atom. The van der Waals surface area contributed by atoms with Gasteiger partial charge in [0.25, 0.3) is 0 Å². The van der Waals surface area contributed by atoms with Crippen molar-refractivity contribution >= 4 is 25.4 Å². The fourth-order valence-corrected chi connectivity index (χ4v) is 3.03. The summed E-state index contributed by atoms with van der Waals surface area (Å²) in [6.45, 7) is 0. The van der Waals surface area contributed by atoms with E-state index in [0.717, 1.165) is 5.25 Å². The van der Waals surface area contributed by atoms with Crippen molar-refractivity contribution in [3.63, 3.8) is 0 Å². The predicted octanol–water partition coefficient (Wildman–Crippen LogP) is 4.75. The van der Waals surface area contributed by atoms with Crippen molar-refractivity contribution in [1.82, 2.24) is 0 Å². The van der Waals surface area contributed by atoms with Gasteiger partial charge in [-0.15, -0.1) is 16.7 Å². The summed E-state index contributed by atoms with van der Waals surface area (Å²) in [7, 11) is 0. The third-order valence-electron chi connectivity index (χ3n) is 2.53. The molecule has 0 aliphatic heterocycles. The molecule has 1 aromatic rings. The minimum Gasteiger partial charge on any atom is -0.176 e. The standard InChI is InChI=1S/C12H15S.BrH.Zn/c1-3-7-11(8-4-1)13-12-9-5-2-6-10-12;;/h1,3-4,7,12H,2,5-6,9-10H2;1H;/q-1;;+2/p-1. The van der Waals surface area contributed by atoms with Crippen LogP contribution >= 0.6 is 25.4 Å². The Labute approximate surface area is 114 Å². The maximum Gasteiger partial charge on any atom is 0.00734 e. The SMILES string of the molecule is [Zn+][Br].[c-]1ccccc1SC1CCCCC1. The molecule has 0 bridgehead atoms. The van der Waals surface area contributed by atoms with Gasteiger partial charge in [0.2, 0.25) is 0 Å². The zero-order valence-corrected chi connectivity index (χ0v) is 14.3. The van der Waals surface area contributed by atoms with Crippen LogP contribution in [-0.2, 0) is 16.3 Å². The van der Waals surface area contributed by atoms with Crippen molar-refractivity contribution in [2.24, 2.45) is 0 Å². The largest absolute Gasteiger partial charge is 0.176 e. The molecule has 1 aliphatic rings. The van der Waals surface area contributed by atoms with Crippen LogP contribution < -0.4 is 0 Å². The summed E-state index contributed by atoms with van der Waals surface area (Å²) in [5.41, 5.74) is 0. The minimum absolute atomic E-state index is 0.854. The van der Waals surface area contributed by atoms with Crippen LogP contribution in [0.3, 0.4) is 0 Å². The summed E-state index contributed by atoms with van der Waals surface area (Å²) in [6, 6.07) is 11.6. The van der Waals surface area contributed by atoms with Crippen molar-refractivity contribution in [3.05, 3.63) is 30.3 Å². The number of thioether (sulfide) groups is 1. The predicted molar refractivity (Wildman–Crippen MR) is 66.9 cm³/mol. The van der Waals surface area contributed by atoms with Gasteiger partial charge in [-0.25, -0.2) is 0 Å². The van der Waals surface area contributed by atoms with Crippen LogP contribution in [0.5, 0.6) is 0 Å². The summed E-state index contributed by atoms with van der Waals surface area (Å²) in [5.74, 6) is 0. The Hall–Kier alpha value is 0.673. The first-order valence-corrected chi connectivity index (χ1v) is 13.2. The molecular weight excluding hydrogens is 321 g/mol. The van der Waals surface area contributed by atoms with Crippen LogP contribution in [0.2, 0.25) is 0 Å². The number of benzene rings is 1. The van der Waals surface area contributed by atoms with Crippen LogP contribution in [-0.4, -0.2) is 5.25 Å². The second-order valence-electron chi connectivity index (χ2n) is 3.60. The van der Waals surface area contributed by atoms with Gasteiger partial charge < -0.3 is 0 Å². The molecule has 1 saturated carbocycles. The fourth-order valence-electron chi connectivity index (χ4n) is 1.81. The van der Waals surface area contributed by atoms with Gasteiger partial charge in [0.15, 0.2) is 0 Å². The first-order valence-electron chi connectivity index (χ1n) is 5.35. The Morgan fingerprint density at radius 2 is 1.93 bits per heavy atom. The third kappa shape index (κ3) is 5.51. The Morgan fingerprint density at radius 3 is 2.53 bits per heavy atom. The number of rotatable bonds is 2. The van der Waals surface area contributed by atoms with Gasteiger partial charge in [-0.2, -0.15) is 30.3 Å². The molecule has 15 heavy (non-hydrogen) atoms. The van der Waals surface area contributed by atoms with Gasteiger partial charge >= 0.3 is 30.0 Å². The monoisotopic (exact) mass is 334 g/mol. The van der Waals surface area contributed by atoms with Crippen LogP contribution in [0, 0.1) is 6.07 Å². The minimum atomic E-state index is 0.854. The maximum atomic E-state index is 3.28. The molecule has 78 valence electrons. The van der Waals surface area contributed by atoms with Crippen LogP contribution in [0.25, 0.3) is 0 Å². The van der Waals surface area contributed by atoms with Gasteiger partial charge in [-0.1, -0.05) is 19.3 Å². The third-order valence-corrected chi connectivity index (χ3v) is 3.84. The molecule has 0 spiro atoms. The average molecular weight is 337 g/mol. The van der Waals surface area contributed by atoms with Crippen LogP contribution in [0.15, 0.2) is 29.2 Å². The molecule has 0 nitrogen and oxygen atoms in total. The van der Waals surface area contributed by atoms with E-state index < -0.39 is 0 Å². The molecule has 0 atom stereocenters. The molecule has 0 N–H and O–H groups in total. The van der Waals surface area contributed by atoms with E-state index in [1.54, 1.807) is 0 Å². The molecular formula is C12H15BrSZn. The van der Waals surface area contributed by atoms with Gasteiger partial charge in [0.05, 0.1) is 0 Å². The molecule has 1 fully saturated rings. The first-order chi connectivity index (χ1) is 7.45.